The molecule has 1 aliphatic heterocycles. The lowest BCUT2D eigenvalue weighted by Crippen LogP contribution is -2.32. The molecule has 0 aromatic heterocycles. The second-order valence-corrected chi connectivity index (χ2v) is 4.83. The Morgan fingerprint density at radius 2 is 2.39 bits per heavy atom. The molecule has 1 aliphatic rings. The van der Waals surface area contributed by atoms with Crippen molar-refractivity contribution in [3.05, 3.63) is 28.8 Å². The smallest absolute Gasteiger partial charge is 0.103 e. The first-order valence-electron chi connectivity index (χ1n) is 6.31. The molecule has 2 rings (SSSR count). The van der Waals surface area contributed by atoms with Crippen LogP contribution < -0.4 is 4.90 Å². The summed E-state index contributed by atoms with van der Waals surface area (Å²) in [7, 11) is 0. The number of anilines is 1. The van der Waals surface area contributed by atoms with Gasteiger partial charge in [-0.05, 0) is 31.9 Å². The van der Waals surface area contributed by atoms with E-state index >= 15 is 0 Å². The molecular weight excluding hydrogens is 248 g/mol. The molecule has 1 fully saturated rings. The number of nitrogens with zero attached hydrogens (tertiary/aromatic N) is 2. The van der Waals surface area contributed by atoms with Gasteiger partial charge in [-0.2, -0.15) is 5.26 Å². The van der Waals surface area contributed by atoms with Crippen LogP contribution in [0.1, 0.15) is 25.3 Å². The Morgan fingerprint density at radius 3 is 3.00 bits per heavy atom. The third-order valence-electron chi connectivity index (χ3n) is 3.27. The molecule has 4 heteroatoms. The normalized spacial score (nSPS) is 18.6. The standard InChI is InChI=1S/C14H17ClN2O/c1-2-17(10-11-5-4-8-18-11)14-7-3-6-13(15)12(14)9-16/h3,6-7,11H,2,4-5,8,10H2,1H3. The van der Waals surface area contributed by atoms with Gasteiger partial charge in [0.1, 0.15) is 6.07 Å². The fourth-order valence-corrected chi connectivity index (χ4v) is 2.53. The lowest BCUT2D eigenvalue weighted by molar-refractivity contribution is 0.115. The van der Waals surface area contributed by atoms with Gasteiger partial charge in [0.25, 0.3) is 0 Å². The Bertz CT molecular complexity index is 450. The molecule has 1 saturated heterocycles. The van der Waals surface area contributed by atoms with Crippen LogP contribution >= 0.6 is 11.6 Å². The van der Waals surface area contributed by atoms with E-state index in [1.807, 2.05) is 12.1 Å². The summed E-state index contributed by atoms with van der Waals surface area (Å²) < 4.78 is 5.65. The summed E-state index contributed by atoms with van der Waals surface area (Å²) >= 11 is 6.07. The van der Waals surface area contributed by atoms with Crippen molar-refractivity contribution in [1.82, 2.24) is 0 Å². The molecule has 0 radical (unpaired) electrons. The van der Waals surface area contributed by atoms with E-state index in [1.54, 1.807) is 6.07 Å². The van der Waals surface area contributed by atoms with E-state index in [-0.39, 0.29) is 6.10 Å². The van der Waals surface area contributed by atoms with Crippen LogP contribution in [0.4, 0.5) is 5.69 Å². The minimum Gasteiger partial charge on any atom is -0.376 e. The van der Waals surface area contributed by atoms with Crippen LogP contribution in [0.25, 0.3) is 0 Å². The molecule has 18 heavy (non-hydrogen) atoms. The fraction of sp³-hybridized carbons (Fsp3) is 0.500. The van der Waals surface area contributed by atoms with Gasteiger partial charge in [0.05, 0.1) is 22.4 Å². The summed E-state index contributed by atoms with van der Waals surface area (Å²) in [6.45, 7) is 4.60. The first-order valence-corrected chi connectivity index (χ1v) is 6.69. The van der Waals surface area contributed by atoms with Gasteiger partial charge in [-0.15, -0.1) is 0 Å². The van der Waals surface area contributed by atoms with Crippen molar-refractivity contribution in [3.63, 3.8) is 0 Å². The number of benzene rings is 1. The number of nitriles is 1. The molecule has 1 aromatic rings. The molecule has 0 amide bonds. The zero-order chi connectivity index (χ0) is 13.0. The first-order chi connectivity index (χ1) is 8.76. The maximum Gasteiger partial charge on any atom is 0.103 e. The third kappa shape index (κ3) is 2.77. The van der Waals surface area contributed by atoms with Gasteiger partial charge in [0.15, 0.2) is 0 Å². The van der Waals surface area contributed by atoms with Crippen molar-refractivity contribution in [2.24, 2.45) is 0 Å². The molecule has 0 N–H and O–H groups in total. The maximum absolute atomic E-state index is 9.21. The van der Waals surface area contributed by atoms with Crippen LogP contribution in [-0.4, -0.2) is 25.8 Å². The number of likely N-dealkylation sites (N-methyl/N-ethyl adjacent to an activating group) is 1. The Balaban J connectivity index is 2.21. The predicted molar refractivity (Wildman–Crippen MR) is 73.0 cm³/mol. The van der Waals surface area contributed by atoms with Gasteiger partial charge >= 0.3 is 0 Å². The molecule has 0 saturated carbocycles. The molecule has 1 atom stereocenters. The Labute approximate surface area is 113 Å². The number of hydrogen-bond donors (Lipinski definition) is 0. The van der Waals surface area contributed by atoms with Gasteiger partial charge in [-0.25, -0.2) is 0 Å². The Kier molecular flexibility index (Phi) is 4.46. The van der Waals surface area contributed by atoms with Crippen LogP contribution in [0.5, 0.6) is 0 Å². The summed E-state index contributed by atoms with van der Waals surface area (Å²) in [5.74, 6) is 0. The van der Waals surface area contributed by atoms with E-state index in [0.717, 1.165) is 38.2 Å². The second-order valence-electron chi connectivity index (χ2n) is 4.42. The minimum atomic E-state index is 0.274. The van der Waals surface area contributed by atoms with E-state index in [0.29, 0.717) is 10.6 Å². The summed E-state index contributed by atoms with van der Waals surface area (Å²) in [5.41, 5.74) is 1.46. The third-order valence-corrected chi connectivity index (χ3v) is 3.59. The van der Waals surface area contributed by atoms with E-state index in [9.17, 15) is 5.26 Å². The van der Waals surface area contributed by atoms with Crippen molar-refractivity contribution in [2.45, 2.75) is 25.9 Å². The molecule has 3 nitrogen and oxygen atoms in total. The molecule has 96 valence electrons. The highest BCUT2D eigenvalue weighted by molar-refractivity contribution is 6.32. The zero-order valence-electron chi connectivity index (χ0n) is 10.5. The summed E-state index contributed by atoms with van der Waals surface area (Å²) in [4.78, 5) is 2.17. The topological polar surface area (TPSA) is 36.3 Å². The number of ether oxygens (including phenoxy) is 1. The average molecular weight is 265 g/mol. The molecule has 1 heterocycles. The van der Waals surface area contributed by atoms with E-state index < -0.39 is 0 Å². The highest BCUT2D eigenvalue weighted by atomic mass is 35.5. The van der Waals surface area contributed by atoms with Crippen LogP contribution in [-0.2, 0) is 4.74 Å². The van der Waals surface area contributed by atoms with Crippen molar-refractivity contribution < 1.29 is 4.74 Å². The molecular formula is C14H17ClN2O. The van der Waals surface area contributed by atoms with Crippen molar-refractivity contribution >= 4 is 17.3 Å². The zero-order valence-corrected chi connectivity index (χ0v) is 11.3. The first kappa shape index (κ1) is 13.2. The van der Waals surface area contributed by atoms with Crippen LogP contribution in [0.2, 0.25) is 5.02 Å². The summed E-state index contributed by atoms with van der Waals surface area (Å²) in [5, 5.41) is 9.73. The predicted octanol–water partition coefficient (Wildman–Crippen LogP) is 3.22. The molecule has 1 aromatic carbocycles. The van der Waals surface area contributed by atoms with E-state index in [1.165, 1.54) is 0 Å². The summed E-state index contributed by atoms with van der Waals surface area (Å²) in [6, 6.07) is 7.78. The number of hydrogen-bond acceptors (Lipinski definition) is 3. The SMILES string of the molecule is CCN(CC1CCCO1)c1cccc(Cl)c1C#N. The lowest BCUT2D eigenvalue weighted by atomic mass is 10.1. The second kappa shape index (κ2) is 6.08. The van der Waals surface area contributed by atoms with Gasteiger partial charge in [-0.1, -0.05) is 17.7 Å². The number of halogens is 1. The molecule has 0 spiro atoms. The van der Waals surface area contributed by atoms with Crippen molar-refractivity contribution in [2.75, 3.05) is 24.6 Å². The average Bonchev–Trinajstić information content (AvgIpc) is 2.88. The Hall–Kier alpha value is -1.24. The van der Waals surface area contributed by atoms with E-state index in [2.05, 4.69) is 17.9 Å². The van der Waals surface area contributed by atoms with Gasteiger partial charge in [-0.3, -0.25) is 0 Å². The Morgan fingerprint density at radius 1 is 1.56 bits per heavy atom. The molecule has 0 aliphatic carbocycles. The highest BCUT2D eigenvalue weighted by Gasteiger charge is 2.20. The van der Waals surface area contributed by atoms with E-state index in [4.69, 9.17) is 16.3 Å². The quantitative estimate of drug-likeness (QED) is 0.838. The van der Waals surface area contributed by atoms with Gasteiger partial charge < -0.3 is 9.64 Å². The fourth-order valence-electron chi connectivity index (χ4n) is 2.32. The lowest BCUT2D eigenvalue weighted by Gasteiger charge is -2.27. The van der Waals surface area contributed by atoms with Crippen LogP contribution in [0.15, 0.2) is 18.2 Å². The van der Waals surface area contributed by atoms with Gasteiger partial charge in [0.2, 0.25) is 0 Å². The van der Waals surface area contributed by atoms with Crippen LogP contribution in [0, 0.1) is 11.3 Å². The van der Waals surface area contributed by atoms with Gasteiger partial charge in [0, 0.05) is 19.7 Å². The van der Waals surface area contributed by atoms with Crippen molar-refractivity contribution in [1.29, 1.82) is 5.26 Å². The summed E-state index contributed by atoms with van der Waals surface area (Å²) in [6.07, 6.45) is 2.50. The highest BCUT2D eigenvalue weighted by Crippen LogP contribution is 2.27. The maximum atomic E-state index is 9.21. The largest absolute Gasteiger partial charge is 0.376 e. The number of rotatable bonds is 4. The van der Waals surface area contributed by atoms with Crippen LogP contribution in [0.3, 0.4) is 0 Å². The minimum absolute atomic E-state index is 0.274. The monoisotopic (exact) mass is 264 g/mol. The van der Waals surface area contributed by atoms with Crippen molar-refractivity contribution in [3.8, 4) is 6.07 Å². The molecule has 0 bridgehead atoms. The molecule has 1 unspecified atom stereocenters.